The van der Waals surface area contributed by atoms with Crippen molar-refractivity contribution in [2.45, 2.75) is 18.8 Å². The number of aromatic nitrogens is 1. The monoisotopic (exact) mass is 341 g/mol. The second-order valence-corrected chi connectivity index (χ2v) is 7.40. The number of likely N-dealkylation sites (tertiary alicyclic amines) is 1. The molecule has 1 aromatic rings. The average Bonchev–Trinajstić information content (AvgIpc) is 3.03. The summed E-state index contributed by atoms with van der Waals surface area (Å²) < 4.78 is 25.9. The zero-order valence-corrected chi connectivity index (χ0v) is 13.3. The van der Waals surface area contributed by atoms with Crippen molar-refractivity contribution < 1.29 is 13.6 Å². The fourth-order valence-electron chi connectivity index (χ4n) is 4.01. The topological polar surface area (TPSA) is 36.4 Å². The summed E-state index contributed by atoms with van der Waals surface area (Å²) in [6.07, 6.45) is 1.08. The molecule has 2 aliphatic heterocycles. The summed E-state index contributed by atoms with van der Waals surface area (Å²) in [7, 11) is 0. The molecule has 1 amide bonds. The number of hydrogen-bond acceptors (Lipinski definition) is 3. The van der Waals surface area contributed by atoms with E-state index in [2.05, 4.69) is 9.88 Å². The Morgan fingerprint density at radius 3 is 2.35 bits per heavy atom. The highest BCUT2D eigenvalue weighted by atomic mass is 35.5. The fraction of sp³-hybridized carbons (Fsp3) is 0.625. The molecule has 3 heterocycles. The Morgan fingerprint density at radius 1 is 1.17 bits per heavy atom. The number of hydrogen-bond donors (Lipinski definition) is 0. The number of halogens is 3. The lowest BCUT2D eigenvalue weighted by atomic mass is 9.80. The van der Waals surface area contributed by atoms with Crippen molar-refractivity contribution in [3.63, 3.8) is 0 Å². The summed E-state index contributed by atoms with van der Waals surface area (Å²) in [5.41, 5.74) is 0. The van der Waals surface area contributed by atoms with E-state index >= 15 is 0 Å². The molecule has 1 aromatic heterocycles. The summed E-state index contributed by atoms with van der Waals surface area (Å²) >= 11 is 5.86. The van der Waals surface area contributed by atoms with Gasteiger partial charge in [-0.3, -0.25) is 4.79 Å². The van der Waals surface area contributed by atoms with Crippen LogP contribution in [0, 0.1) is 17.8 Å². The minimum Gasteiger partial charge on any atom is -0.356 e. The van der Waals surface area contributed by atoms with Crippen LogP contribution in [0.5, 0.6) is 0 Å². The van der Waals surface area contributed by atoms with Crippen LogP contribution in [-0.2, 0) is 4.79 Å². The first-order valence-electron chi connectivity index (χ1n) is 7.94. The molecule has 2 unspecified atom stereocenters. The molecule has 3 fully saturated rings. The first-order valence-corrected chi connectivity index (χ1v) is 8.32. The first-order chi connectivity index (χ1) is 10.9. The number of anilines is 1. The van der Waals surface area contributed by atoms with E-state index in [4.69, 9.17) is 11.6 Å². The lowest BCUT2D eigenvalue weighted by Crippen LogP contribution is -2.46. The van der Waals surface area contributed by atoms with Crippen molar-refractivity contribution in [3.8, 4) is 0 Å². The maximum atomic E-state index is 12.9. The summed E-state index contributed by atoms with van der Waals surface area (Å²) in [5, 5.41) is 0.613. The lowest BCUT2D eigenvalue weighted by molar-refractivity contribution is -0.159. The summed E-state index contributed by atoms with van der Waals surface area (Å²) in [5.74, 6) is -1.49. The van der Waals surface area contributed by atoms with Gasteiger partial charge in [0, 0.05) is 63.0 Å². The number of nitrogens with zero attached hydrogens (tertiary/aromatic N) is 3. The molecule has 2 atom stereocenters. The van der Waals surface area contributed by atoms with Gasteiger partial charge in [0.15, 0.2) is 0 Å². The van der Waals surface area contributed by atoms with E-state index in [1.807, 2.05) is 12.1 Å². The predicted octanol–water partition coefficient (Wildman–Crippen LogP) is 2.67. The normalized spacial score (nSPS) is 29.5. The maximum Gasteiger partial charge on any atom is 0.249 e. The summed E-state index contributed by atoms with van der Waals surface area (Å²) in [4.78, 5) is 20.6. The second kappa shape index (κ2) is 5.30. The average molecular weight is 342 g/mol. The minimum absolute atomic E-state index is 0.0820. The molecular weight excluding hydrogens is 324 g/mol. The Labute approximate surface area is 138 Å². The molecule has 3 aliphatic rings. The van der Waals surface area contributed by atoms with Gasteiger partial charge in [-0.05, 0) is 12.1 Å². The van der Waals surface area contributed by atoms with E-state index in [1.165, 1.54) is 0 Å². The molecule has 0 aromatic carbocycles. The number of alkyl halides is 2. The van der Waals surface area contributed by atoms with E-state index in [9.17, 15) is 13.6 Å². The number of pyridine rings is 1. The van der Waals surface area contributed by atoms with Gasteiger partial charge in [-0.15, -0.1) is 0 Å². The molecule has 4 rings (SSSR count). The number of carbonyl (C=O) groups excluding carboxylic acids is 1. The Bertz CT molecular complexity index is 602. The van der Waals surface area contributed by atoms with Gasteiger partial charge in [-0.25, -0.2) is 13.8 Å². The molecule has 0 bridgehead atoms. The summed E-state index contributed by atoms with van der Waals surface area (Å²) in [6.45, 7) is 3.05. The van der Waals surface area contributed by atoms with Crippen molar-refractivity contribution in [2.24, 2.45) is 17.8 Å². The van der Waals surface area contributed by atoms with Crippen LogP contribution in [-0.4, -0.2) is 47.9 Å². The van der Waals surface area contributed by atoms with E-state index in [-0.39, 0.29) is 18.7 Å². The molecule has 1 aliphatic carbocycles. The van der Waals surface area contributed by atoms with Gasteiger partial charge in [-0.2, -0.15) is 0 Å². The standard InChI is InChI=1S/C16H18ClF2N3O/c17-13-1-2-14(20-5-13)21-6-11-8-22(9-12(11)7-21)15(23)10-3-16(18,19)4-10/h1-2,5,10-12H,3-4,6-9H2. The van der Waals surface area contributed by atoms with E-state index in [1.54, 1.807) is 11.1 Å². The van der Waals surface area contributed by atoms with Crippen LogP contribution in [0.2, 0.25) is 5.02 Å². The van der Waals surface area contributed by atoms with Gasteiger partial charge < -0.3 is 9.80 Å². The summed E-state index contributed by atoms with van der Waals surface area (Å²) in [6, 6.07) is 3.73. The van der Waals surface area contributed by atoms with Crippen LogP contribution < -0.4 is 4.90 Å². The second-order valence-electron chi connectivity index (χ2n) is 6.96. The molecule has 0 radical (unpaired) electrons. The molecule has 7 heteroatoms. The van der Waals surface area contributed by atoms with E-state index < -0.39 is 11.8 Å². The van der Waals surface area contributed by atoms with Crippen molar-refractivity contribution in [3.05, 3.63) is 23.4 Å². The van der Waals surface area contributed by atoms with Crippen LogP contribution in [0.3, 0.4) is 0 Å². The highest BCUT2D eigenvalue weighted by Gasteiger charge is 2.51. The Kier molecular flexibility index (Phi) is 3.48. The zero-order chi connectivity index (χ0) is 16.2. The third-order valence-electron chi connectivity index (χ3n) is 5.27. The molecule has 2 saturated heterocycles. The number of amides is 1. The molecular formula is C16H18ClF2N3O. The molecule has 1 saturated carbocycles. The number of carbonyl (C=O) groups is 1. The molecule has 0 N–H and O–H groups in total. The largest absolute Gasteiger partial charge is 0.356 e. The Balaban J connectivity index is 1.35. The predicted molar refractivity (Wildman–Crippen MR) is 82.7 cm³/mol. The van der Waals surface area contributed by atoms with Gasteiger partial charge in [-0.1, -0.05) is 11.6 Å². The SMILES string of the molecule is O=C(C1CC(F)(F)C1)N1CC2CN(c3ccc(Cl)cn3)CC2C1. The van der Waals surface area contributed by atoms with E-state index in [0.717, 1.165) is 18.9 Å². The van der Waals surface area contributed by atoms with Crippen LogP contribution in [0.4, 0.5) is 14.6 Å². The molecule has 0 spiro atoms. The van der Waals surface area contributed by atoms with Gasteiger partial charge in [0.1, 0.15) is 5.82 Å². The third kappa shape index (κ3) is 2.77. The first kappa shape index (κ1) is 15.1. The maximum absolute atomic E-state index is 12.9. The minimum atomic E-state index is -2.63. The number of fused-ring (bicyclic) bond motifs is 1. The highest BCUT2D eigenvalue weighted by molar-refractivity contribution is 6.30. The Morgan fingerprint density at radius 2 is 1.83 bits per heavy atom. The van der Waals surface area contributed by atoms with Crippen molar-refractivity contribution in [1.82, 2.24) is 9.88 Å². The van der Waals surface area contributed by atoms with Crippen molar-refractivity contribution in [1.29, 1.82) is 0 Å². The highest BCUT2D eigenvalue weighted by Crippen LogP contribution is 2.44. The fourth-order valence-corrected chi connectivity index (χ4v) is 4.12. The molecule has 4 nitrogen and oxygen atoms in total. The molecule has 23 heavy (non-hydrogen) atoms. The Hall–Kier alpha value is -1.43. The van der Waals surface area contributed by atoms with Gasteiger partial charge in [0.05, 0.1) is 5.02 Å². The van der Waals surface area contributed by atoms with Gasteiger partial charge >= 0.3 is 0 Å². The smallest absolute Gasteiger partial charge is 0.249 e. The quantitative estimate of drug-likeness (QED) is 0.830. The van der Waals surface area contributed by atoms with Crippen molar-refractivity contribution in [2.75, 3.05) is 31.1 Å². The van der Waals surface area contributed by atoms with E-state index in [0.29, 0.717) is 29.9 Å². The van der Waals surface area contributed by atoms with Crippen molar-refractivity contribution >= 4 is 23.3 Å². The zero-order valence-electron chi connectivity index (χ0n) is 12.6. The van der Waals surface area contributed by atoms with Gasteiger partial charge in [0.2, 0.25) is 11.8 Å². The number of rotatable bonds is 2. The van der Waals surface area contributed by atoms with Crippen LogP contribution in [0.25, 0.3) is 0 Å². The van der Waals surface area contributed by atoms with Crippen LogP contribution in [0.15, 0.2) is 18.3 Å². The third-order valence-corrected chi connectivity index (χ3v) is 5.50. The lowest BCUT2D eigenvalue weighted by Gasteiger charge is -2.36. The molecule has 124 valence electrons. The van der Waals surface area contributed by atoms with Gasteiger partial charge in [0.25, 0.3) is 0 Å². The van der Waals surface area contributed by atoms with Crippen LogP contribution in [0.1, 0.15) is 12.8 Å². The van der Waals surface area contributed by atoms with Crippen LogP contribution >= 0.6 is 11.6 Å².